The maximum atomic E-state index is 13.0. The van der Waals surface area contributed by atoms with Crippen LogP contribution in [-0.2, 0) is 4.79 Å². The molecule has 1 unspecified atom stereocenters. The van der Waals surface area contributed by atoms with Crippen LogP contribution in [0.1, 0.15) is 43.5 Å². The highest BCUT2D eigenvalue weighted by atomic mass is 32.1. The average Bonchev–Trinajstić information content (AvgIpc) is 3.39. The van der Waals surface area contributed by atoms with E-state index in [0.29, 0.717) is 5.69 Å². The average molecular weight is 467 g/mol. The van der Waals surface area contributed by atoms with Crippen LogP contribution in [0.2, 0.25) is 0 Å². The molecule has 3 aromatic rings. The topological polar surface area (TPSA) is 76.5 Å². The van der Waals surface area contributed by atoms with Crippen LogP contribution >= 0.6 is 11.3 Å². The van der Waals surface area contributed by atoms with E-state index < -0.39 is 0 Å². The van der Waals surface area contributed by atoms with Crippen LogP contribution in [0.25, 0.3) is 5.69 Å². The summed E-state index contributed by atoms with van der Waals surface area (Å²) in [5, 5.41) is 9.92. The summed E-state index contributed by atoms with van der Waals surface area (Å²) < 4.78 is 6.60. The molecule has 0 bridgehead atoms. The molecule has 2 aromatic heterocycles. The summed E-state index contributed by atoms with van der Waals surface area (Å²) in [7, 11) is 1.61. The van der Waals surface area contributed by atoms with Crippen molar-refractivity contribution in [2.75, 3.05) is 25.1 Å². The molecule has 1 amide bonds. The molecule has 1 saturated heterocycles. The van der Waals surface area contributed by atoms with Gasteiger partial charge in [-0.15, -0.1) is 16.4 Å². The molecule has 0 spiro atoms. The zero-order valence-corrected chi connectivity index (χ0v) is 19.9. The zero-order chi connectivity index (χ0) is 23.2. The Morgan fingerprint density at radius 3 is 2.58 bits per heavy atom. The van der Waals surface area contributed by atoms with E-state index in [4.69, 9.17) is 4.74 Å². The fourth-order valence-corrected chi connectivity index (χ4v) is 5.02. The highest BCUT2D eigenvalue weighted by Gasteiger charge is 2.27. The van der Waals surface area contributed by atoms with E-state index in [2.05, 4.69) is 33.7 Å². The molecule has 8 heteroatoms. The lowest BCUT2D eigenvalue weighted by molar-refractivity contribution is -0.126. The Balaban J connectivity index is 1.40. The Hall–Kier alpha value is -3.13. The molecule has 1 aliphatic rings. The van der Waals surface area contributed by atoms with Crippen LogP contribution < -0.4 is 20.5 Å². The number of rotatable bonds is 8. The molecule has 0 saturated carbocycles. The molecular weight excluding hydrogens is 436 g/mol. The highest BCUT2D eigenvalue weighted by Crippen LogP contribution is 2.26. The number of amides is 1. The zero-order valence-electron chi connectivity index (χ0n) is 19.1. The number of benzene rings is 1. The third-order valence-electron chi connectivity index (χ3n) is 6.07. The molecular formula is C25H30N4O3S. The summed E-state index contributed by atoms with van der Waals surface area (Å²) in [6.07, 6.45) is 3.50. The van der Waals surface area contributed by atoms with Gasteiger partial charge in [0, 0.05) is 30.0 Å². The van der Waals surface area contributed by atoms with Crippen LogP contribution in [-0.4, -0.2) is 35.9 Å². The van der Waals surface area contributed by atoms with E-state index in [9.17, 15) is 9.59 Å². The number of anilines is 1. The van der Waals surface area contributed by atoms with Crippen molar-refractivity contribution in [1.82, 2.24) is 15.1 Å². The standard InChI is InChI=1S/C25H30N4O3S/c1-3-5-21(22-6-4-17-33-22)26-25(31)18-13-15-28(16-14-18)23-11-12-24(30)29(27-23)19-7-9-20(32-2)10-8-19/h4,6-12,17-18,21H,3,5,13-16H2,1-2H3,(H,26,31). The third-order valence-corrected chi connectivity index (χ3v) is 7.06. The number of carbonyl (C=O) groups excluding carboxylic acids is 1. The van der Waals surface area contributed by atoms with Crippen molar-refractivity contribution < 1.29 is 9.53 Å². The summed E-state index contributed by atoms with van der Waals surface area (Å²) in [5.74, 6) is 1.60. The minimum absolute atomic E-state index is 0.00642. The van der Waals surface area contributed by atoms with Gasteiger partial charge in [0.1, 0.15) is 11.6 Å². The van der Waals surface area contributed by atoms with E-state index in [1.165, 1.54) is 9.56 Å². The highest BCUT2D eigenvalue weighted by molar-refractivity contribution is 7.10. The maximum absolute atomic E-state index is 13.0. The van der Waals surface area contributed by atoms with Gasteiger partial charge >= 0.3 is 0 Å². The molecule has 0 aliphatic carbocycles. The van der Waals surface area contributed by atoms with Gasteiger partial charge in [0.05, 0.1) is 18.8 Å². The predicted molar refractivity (Wildman–Crippen MR) is 131 cm³/mol. The molecule has 1 atom stereocenters. The number of piperidine rings is 1. The van der Waals surface area contributed by atoms with Gasteiger partial charge in [-0.25, -0.2) is 0 Å². The molecule has 1 fully saturated rings. The molecule has 0 radical (unpaired) electrons. The van der Waals surface area contributed by atoms with Crippen LogP contribution in [0.3, 0.4) is 0 Å². The van der Waals surface area contributed by atoms with Crippen LogP contribution in [0.4, 0.5) is 5.82 Å². The van der Waals surface area contributed by atoms with Gasteiger partial charge in [0.15, 0.2) is 0 Å². The van der Waals surface area contributed by atoms with E-state index in [-0.39, 0.29) is 23.4 Å². The number of aromatic nitrogens is 2. The Labute approximate surface area is 198 Å². The smallest absolute Gasteiger partial charge is 0.271 e. The van der Waals surface area contributed by atoms with Crippen molar-refractivity contribution in [3.63, 3.8) is 0 Å². The van der Waals surface area contributed by atoms with Crippen LogP contribution in [0.5, 0.6) is 5.75 Å². The lowest BCUT2D eigenvalue weighted by Gasteiger charge is -2.33. The number of nitrogens with one attached hydrogen (secondary N) is 1. The minimum Gasteiger partial charge on any atom is -0.497 e. The SMILES string of the molecule is CCCC(NC(=O)C1CCN(c2ccc(=O)n(-c3ccc(OC)cc3)n2)CC1)c1cccs1. The summed E-state index contributed by atoms with van der Waals surface area (Å²) in [5.41, 5.74) is 0.501. The van der Waals surface area contributed by atoms with Crippen molar-refractivity contribution in [2.24, 2.45) is 5.92 Å². The van der Waals surface area contributed by atoms with Gasteiger partial charge < -0.3 is 15.0 Å². The second kappa shape index (κ2) is 10.7. The Bertz CT molecular complexity index is 1100. The Morgan fingerprint density at radius 2 is 1.94 bits per heavy atom. The second-order valence-electron chi connectivity index (χ2n) is 8.27. The number of carbonyl (C=O) groups is 1. The van der Waals surface area contributed by atoms with Crippen molar-refractivity contribution in [2.45, 2.75) is 38.6 Å². The van der Waals surface area contributed by atoms with E-state index in [1.807, 2.05) is 30.3 Å². The second-order valence-corrected chi connectivity index (χ2v) is 9.25. The van der Waals surface area contributed by atoms with Crippen molar-refractivity contribution in [3.8, 4) is 11.4 Å². The Morgan fingerprint density at radius 1 is 1.18 bits per heavy atom. The normalized spacial score (nSPS) is 15.3. The Kier molecular flexibility index (Phi) is 7.44. The fourth-order valence-electron chi connectivity index (χ4n) is 4.20. The van der Waals surface area contributed by atoms with E-state index >= 15 is 0 Å². The lowest BCUT2D eigenvalue weighted by Crippen LogP contribution is -2.42. The van der Waals surface area contributed by atoms with Crippen LogP contribution in [0.15, 0.2) is 58.7 Å². The molecule has 4 rings (SSSR count). The first kappa shape index (κ1) is 23.0. The van der Waals surface area contributed by atoms with Crippen molar-refractivity contribution >= 4 is 23.1 Å². The monoisotopic (exact) mass is 466 g/mol. The molecule has 33 heavy (non-hydrogen) atoms. The van der Waals surface area contributed by atoms with Gasteiger partial charge in [-0.2, -0.15) is 4.68 Å². The van der Waals surface area contributed by atoms with Gasteiger partial charge in [-0.1, -0.05) is 19.4 Å². The first-order chi connectivity index (χ1) is 16.1. The minimum atomic E-state index is -0.186. The lowest BCUT2D eigenvalue weighted by atomic mass is 9.95. The predicted octanol–water partition coefficient (Wildman–Crippen LogP) is 4.18. The number of nitrogens with zero attached hydrogens (tertiary/aromatic N) is 3. The largest absolute Gasteiger partial charge is 0.497 e. The fraction of sp³-hybridized carbons (Fsp3) is 0.400. The molecule has 1 aromatic carbocycles. The number of thiophene rings is 1. The number of ether oxygens (including phenoxy) is 1. The summed E-state index contributed by atoms with van der Waals surface area (Å²) in [6, 6.07) is 14.8. The third kappa shape index (κ3) is 5.45. The van der Waals surface area contributed by atoms with Crippen molar-refractivity contribution in [3.05, 3.63) is 69.1 Å². The van der Waals surface area contributed by atoms with Gasteiger partial charge in [-0.05, 0) is 61.0 Å². The van der Waals surface area contributed by atoms with E-state index in [0.717, 1.165) is 50.3 Å². The number of methoxy groups -OCH3 is 1. The summed E-state index contributed by atoms with van der Waals surface area (Å²) >= 11 is 1.69. The first-order valence-electron chi connectivity index (χ1n) is 11.4. The molecule has 3 heterocycles. The number of hydrogen-bond donors (Lipinski definition) is 1. The molecule has 7 nitrogen and oxygen atoms in total. The van der Waals surface area contributed by atoms with Crippen molar-refractivity contribution in [1.29, 1.82) is 0 Å². The van der Waals surface area contributed by atoms with Crippen LogP contribution in [0, 0.1) is 5.92 Å². The summed E-state index contributed by atoms with van der Waals surface area (Å²) in [6.45, 7) is 3.59. The quantitative estimate of drug-likeness (QED) is 0.539. The van der Waals surface area contributed by atoms with Gasteiger partial charge in [0.25, 0.3) is 5.56 Å². The molecule has 174 valence electrons. The first-order valence-corrected chi connectivity index (χ1v) is 12.3. The van der Waals surface area contributed by atoms with Gasteiger partial charge in [0.2, 0.25) is 5.91 Å². The molecule has 1 N–H and O–H groups in total. The summed E-state index contributed by atoms with van der Waals surface area (Å²) in [4.78, 5) is 28.7. The number of hydrogen-bond acceptors (Lipinski definition) is 6. The maximum Gasteiger partial charge on any atom is 0.271 e. The molecule has 1 aliphatic heterocycles. The van der Waals surface area contributed by atoms with Gasteiger partial charge in [-0.3, -0.25) is 9.59 Å². The van der Waals surface area contributed by atoms with E-state index in [1.54, 1.807) is 30.6 Å².